The summed E-state index contributed by atoms with van der Waals surface area (Å²) in [5, 5.41) is 9.94. The van der Waals surface area contributed by atoms with E-state index in [1.54, 1.807) is 11.3 Å². The molecule has 1 aliphatic heterocycles. The Hall–Kier alpha value is -2.86. The third kappa shape index (κ3) is 3.55. The minimum absolute atomic E-state index is 0.0618. The first-order valence-electron chi connectivity index (χ1n) is 8.37. The number of ether oxygens (including phenoxy) is 2. The van der Waals surface area contributed by atoms with Crippen LogP contribution in [0.2, 0.25) is 0 Å². The molecule has 0 saturated carbocycles. The van der Waals surface area contributed by atoms with Crippen LogP contribution in [0.3, 0.4) is 0 Å². The summed E-state index contributed by atoms with van der Waals surface area (Å²) in [7, 11) is 0. The van der Waals surface area contributed by atoms with Crippen molar-refractivity contribution in [1.82, 2.24) is 4.98 Å². The van der Waals surface area contributed by atoms with E-state index in [1.807, 2.05) is 48.5 Å². The van der Waals surface area contributed by atoms with Crippen LogP contribution in [0.4, 0.5) is 0 Å². The Morgan fingerprint density at radius 1 is 1.12 bits per heavy atom. The number of carboxylic acid groups (broad SMARTS) is 1. The first-order chi connectivity index (χ1) is 12.7. The monoisotopic (exact) mass is 367 g/mol. The highest BCUT2D eigenvalue weighted by Gasteiger charge is 2.14. The molecule has 26 heavy (non-hydrogen) atoms. The minimum Gasteiger partial charge on any atom is -0.486 e. The Labute approximate surface area is 154 Å². The molecule has 0 atom stereocenters. The van der Waals surface area contributed by atoms with E-state index in [-0.39, 0.29) is 6.42 Å². The van der Waals surface area contributed by atoms with Crippen LogP contribution in [0.15, 0.2) is 42.5 Å². The first-order valence-corrected chi connectivity index (χ1v) is 9.19. The number of rotatable bonds is 5. The van der Waals surface area contributed by atoms with Crippen molar-refractivity contribution in [2.45, 2.75) is 12.8 Å². The summed E-state index contributed by atoms with van der Waals surface area (Å²) in [6.45, 7) is 1.08. The highest BCUT2D eigenvalue weighted by Crippen LogP contribution is 2.34. The second-order valence-corrected chi connectivity index (χ2v) is 6.98. The zero-order valence-electron chi connectivity index (χ0n) is 14.0. The van der Waals surface area contributed by atoms with Gasteiger partial charge in [-0.2, -0.15) is 0 Å². The number of carbonyl (C=O) groups is 1. The molecule has 3 aromatic rings. The molecule has 6 heteroatoms. The lowest BCUT2D eigenvalue weighted by atomic mass is 10.1. The molecule has 2 aromatic carbocycles. The molecule has 0 radical (unpaired) electrons. The van der Waals surface area contributed by atoms with E-state index in [0.717, 1.165) is 32.1 Å². The second kappa shape index (κ2) is 7.17. The number of fused-ring (bicyclic) bond motifs is 2. The standard InChI is InChI=1S/C20H17NO4S/c22-19(23)8-6-14(20-21-15-3-1-2-4-18(15)26-20)11-13-5-7-16-17(12-13)25-10-9-24-16/h1-5,7,11-12H,6,8-10H2,(H,22,23)/b14-11+. The number of aliphatic carboxylic acids is 1. The molecule has 0 spiro atoms. The van der Waals surface area contributed by atoms with Crippen LogP contribution in [-0.2, 0) is 4.79 Å². The summed E-state index contributed by atoms with van der Waals surface area (Å²) in [5.74, 6) is 0.631. The highest BCUT2D eigenvalue weighted by atomic mass is 32.1. The Morgan fingerprint density at radius 2 is 1.92 bits per heavy atom. The molecule has 0 bridgehead atoms. The van der Waals surface area contributed by atoms with E-state index in [9.17, 15) is 4.79 Å². The zero-order chi connectivity index (χ0) is 17.9. The lowest BCUT2D eigenvalue weighted by molar-refractivity contribution is -0.136. The van der Waals surface area contributed by atoms with Crippen LogP contribution in [-0.4, -0.2) is 29.3 Å². The van der Waals surface area contributed by atoms with Crippen molar-refractivity contribution in [2.24, 2.45) is 0 Å². The number of benzene rings is 2. The van der Waals surface area contributed by atoms with Gasteiger partial charge in [0, 0.05) is 6.42 Å². The Kier molecular flexibility index (Phi) is 4.58. The van der Waals surface area contributed by atoms with Gasteiger partial charge in [-0.15, -0.1) is 11.3 Å². The fourth-order valence-electron chi connectivity index (χ4n) is 2.84. The molecular weight excluding hydrogens is 350 g/mol. The van der Waals surface area contributed by atoms with E-state index in [1.165, 1.54) is 0 Å². The molecule has 4 rings (SSSR count). The number of hydrogen-bond donors (Lipinski definition) is 1. The van der Waals surface area contributed by atoms with Gasteiger partial charge in [0.1, 0.15) is 18.2 Å². The smallest absolute Gasteiger partial charge is 0.303 e. The number of allylic oxidation sites excluding steroid dienone is 1. The van der Waals surface area contributed by atoms with Crippen LogP contribution < -0.4 is 9.47 Å². The van der Waals surface area contributed by atoms with Crippen LogP contribution in [0.5, 0.6) is 11.5 Å². The highest BCUT2D eigenvalue weighted by molar-refractivity contribution is 7.19. The summed E-state index contributed by atoms with van der Waals surface area (Å²) < 4.78 is 12.3. The van der Waals surface area contributed by atoms with Crippen LogP contribution in [0.25, 0.3) is 21.9 Å². The molecular formula is C20H17NO4S. The van der Waals surface area contributed by atoms with E-state index in [0.29, 0.717) is 25.4 Å². The van der Waals surface area contributed by atoms with Gasteiger partial charge in [-0.1, -0.05) is 18.2 Å². The van der Waals surface area contributed by atoms with Gasteiger partial charge >= 0.3 is 5.97 Å². The number of thiazole rings is 1. The summed E-state index contributed by atoms with van der Waals surface area (Å²) in [6, 6.07) is 13.7. The third-order valence-corrected chi connectivity index (χ3v) is 5.20. The van der Waals surface area contributed by atoms with Crippen LogP contribution in [0, 0.1) is 0 Å². The minimum atomic E-state index is -0.820. The summed E-state index contributed by atoms with van der Waals surface area (Å²) in [5.41, 5.74) is 2.77. The predicted octanol–water partition coefficient (Wildman–Crippen LogP) is 4.47. The fourth-order valence-corrected chi connectivity index (χ4v) is 3.85. The summed E-state index contributed by atoms with van der Waals surface area (Å²) in [6.07, 6.45) is 2.47. The van der Waals surface area contributed by atoms with E-state index in [2.05, 4.69) is 4.98 Å². The molecule has 1 N–H and O–H groups in total. The van der Waals surface area contributed by atoms with Crippen molar-refractivity contribution in [3.8, 4) is 11.5 Å². The molecule has 0 amide bonds. The van der Waals surface area contributed by atoms with Crippen LogP contribution in [0.1, 0.15) is 23.4 Å². The molecule has 1 aromatic heterocycles. The van der Waals surface area contributed by atoms with Crippen molar-refractivity contribution >= 4 is 39.2 Å². The van der Waals surface area contributed by atoms with Gasteiger partial charge in [0.15, 0.2) is 11.5 Å². The number of carboxylic acids is 1. The molecule has 0 unspecified atom stereocenters. The van der Waals surface area contributed by atoms with Gasteiger partial charge in [0.05, 0.1) is 10.2 Å². The molecule has 132 valence electrons. The van der Waals surface area contributed by atoms with Crippen LogP contribution >= 0.6 is 11.3 Å². The molecule has 1 aliphatic rings. The average molecular weight is 367 g/mol. The first kappa shape index (κ1) is 16.6. The van der Waals surface area contributed by atoms with E-state index >= 15 is 0 Å². The van der Waals surface area contributed by atoms with Crippen molar-refractivity contribution in [2.75, 3.05) is 13.2 Å². The fraction of sp³-hybridized carbons (Fsp3) is 0.200. The SMILES string of the molecule is O=C(O)CC/C(=C\c1ccc2c(c1)OCCO2)c1nc2ccccc2s1. The maximum absolute atomic E-state index is 11.1. The second-order valence-electron chi connectivity index (χ2n) is 5.95. The molecule has 2 heterocycles. The Morgan fingerprint density at radius 3 is 2.73 bits per heavy atom. The number of aromatic nitrogens is 1. The third-order valence-electron chi connectivity index (χ3n) is 4.08. The predicted molar refractivity (Wildman–Crippen MR) is 102 cm³/mol. The number of hydrogen-bond acceptors (Lipinski definition) is 5. The largest absolute Gasteiger partial charge is 0.486 e. The summed E-state index contributed by atoms with van der Waals surface area (Å²) in [4.78, 5) is 15.7. The quantitative estimate of drug-likeness (QED) is 0.720. The molecule has 0 aliphatic carbocycles. The van der Waals surface area contributed by atoms with Gasteiger partial charge in [-0.25, -0.2) is 4.98 Å². The van der Waals surface area contributed by atoms with Crippen molar-refractivity contribution < 1.29 is 19.4 Å². The average Bonchev–Trinajstić information content (AvgIpc) is 3.09. The van der Waals surface area contributed by atoms with Gasteiger partial charge in [-0.05, 0) is 47.9 Å². The molecule has 0 saturated heterocycles. The zero-order valence-corrected chi connectivity index (χ0v) is 14.8. The van der Waals surface area contributed by atoms with Crippen molar-refractivity contribution in [3.05, 3.63) is 53.0 Å². The topological polar surface area (TPSA) is 68.7 Å². The lowest BCUT2D eigenvalue weighted by Gasteiger charge is -2.18. The van der Waals surface area contributed by atoms with Gasteiger partial charge < -0.3 is 14.6 Å². The Bertz CT molecular complexity index is 959. The maximum atomic E-state index is 11.1. The summed E-state index contributed by atoms with van der Waals surface area (Å²) >= 11 is 1.58. The Balaban J connectivity index is 1.72. The molecule has 0 fully saturated rings. The lowest BCUT2D eigenvalue weighted by Crippen LogP contribution is -2.15. The van der Waals surface area contributed by atoms with Gasteiger partial charge in [0.25, 0.3) is 0 Å². The number of para-hydroxylation sites is 1. The van der Waals surface area contributed by atoms with Crippen molar-refractivity contribution in [3.63, 3.8) is 0 Å². The van der Waals surface area contributed by atoms with Gasteiger partial charge in [-0.3, -0.25) is 4.79 Å². The number of nitrogens with zero attached hydrogens (tertiary/aromatic N) is 1. The normalized spacial score (nSPS) is 13.8. The van der Waals surface area contributed by atoms with E-state index in [4.69, 9.17) is 14.6 Å². The molecule has 5 nitrogen and oxygen atoms in total. The van der Waals surface area contributed by atoms with Crippen molar-refractivity contribution in [1.29, 1.82) is 0 Å². The van der Waals surface area contributed by atoms with Gasteiger partial charge in [0.2, 0.25) is 0 Å². The maximum Gasteiger partial charge on any atom is 0.303 e. The van der Waals surface area contributed by atoms with E-state index < -0.39 is 5.97 Å².